The molecule has 6 heteroatoms. The van der Waals surface area contributed by atoms with Gasteiger partial charge in [-0.3, -0.25) is 4.79 Å². The van der Waals surface area contributed by atoms with Crippen LogP contribution in [0.4, 0.5) is 4.79 Å². The number of furan rings is 1. The molecule has 0 spiro atoms. The molecule has 0 radical (unpaired) electrons. The Balaban J connectivity index is 1.40. The standard InChI is InChI=1S/C17H23N3O3/c21-16-13-5-6-14(20(16)9-12-3-4-12)11-19(10-13)17(22)18-8-15-2-1-7-23-15/h1-2,7,12-14H,3-6,8-11H2,(H,18,22)/t13-,14+/m0/s1. The second kappa shape index (κ2) is 5.91. The lowest BCUT2D eigenvalue weighted by Crippen LogP contribution is -2.49. The van der Waals surface area contributed by atoms with Gasteiger partial charge < -0.3 is 19.5 Å². The molecular weight excluding hydrogens is 294 g/mol. The number of nitrogens with zero attached hydrogens (tertiary/aromatic N) is 2. The van der Waals surface area contributed by atoms with Crippen LogP contribution >= 0.6 is 0 Å². The average molecular weight is 317 g/mol. The Bertz CT molecular complexity index is 582. The number of rotatable bonds is 4. The molecule has 2 atom stereocenters. The molecule has 6 nitrogen and oxygen atoms in total. The van der Waals surface area contributed by atoms with Crippen molar-refractivity contribution >= 4 is 11.9 Å². The second-order valence-electron chi connectivity index (χ2n) is 7.01. The Hall–Kier alpha value is -1.98. The normalized spacial score (nSPS) is 27.2. The van der Waals surface area contributed by atoms with E-state index < -0.39 is 0 Å². The topological polar surface area (TPSA) is 65.8 Å². The fraction of sp³-hybridized carbons (Fsp3) is 0.647. The van der Waals surface area contributed by atoms with Gasteiger partial charge in [0.25, 0.3) is 0 Å². The van der Waals surface area contributed by atoms with Crippen molar-refractivity contribution in [3.05, 3.63) is 24.2 Å². The van der Waals surface area contributed by atoms with Crippen molar-refractivity contribution in [2.75, 3.05) is 19.6 Å². The Morgan fingerprint density at radius 2 is 2.13 bits per heavy atom. The summed E-state index contributed by atoms with van der Waals surface area (Å²) in [5, 5.41) is 2.90. The van der Waals surface area contributed by atoms with E-state index in [1.54, 1.807) is 6.26 Å². The minimum atomic E-state index is -0.0978. The van der Waals surface area contributed by atoms with E-state index in [-0.39, 0.29) is 23.9 Å². The maximum Gasteiger partial charge on any atom is 0.317 e. The first-order valence-electron chi connectivity index (χ1n) is 8.56. The summed E-state index contributed by atoms with van der Waals surface area (Å²) in [6.45, 7) is 2.47. The van der Waals surface area contributed by atoms with Crippen LogP contribution in [-0.2, 0) is 11.3 Å². The third-order valence-corrected chi connectivity index (χ3v) is 5.23. The van der Waals surface area contributed by atoms with Crippen LogP contribution in [0, 0.1) is 11.8 Å². The minimum absolute atomic E-state index is 0.0261. The molecule has 1 N–H and O–H groups in total. The highest BCUT2D eigenvalue weighted by atomic mass is 16.3. The van der Waals surface area contributed by atoms with Crippen LogP contribution in [0.25, 0.3) is 0 Å². The van der Waals surface area contributed by atoms with E-state index in [1.165, 1.54) is 12.8 Å². The molecule has 3 amide bonds. The molecule has 4 aliphatic rings. The van der Waals surface area contributed by atoms with Crippen LogP contribution in [0.1, 0.15) is 31.4 Å². The van der Waals surface area contributed by atoms with Gasteiger partial charge in [0.15, 0.2) is 0 Å². The van der Waals surface area contributed by atoms with E-state index in [4.69, 9.17) is 4.42 Å². The molecule has 0 aromatic carbocycles. The number of piperidine rings is 1. The van der Waals surface area contributed by atoms with Crippen LogP contribution in [0.15, 0.2) is 22.8 Å². The molecule has 1 aliphatic carbocycles. The molecule has 0 unspecified atom stereocenters. The SMILES string of the molecule is O=C(NCc1ccco1)N1C[C@@H]2CC[C@H](C1)N(CC1CC1)C2=O. The zero-order valence-corrected chi connectivity index (χ0v) is 13.2. The van der Waals surface area contributed by atoms with Crippen LogP contribution in [0.2, 0.25) is 0 Å². The molecule has 1 aromatic heterocycles. The Labute approximate surface area is 135 Å². The number of hydrogen-bond acceptors (Lipinski definition) is 3. The monoisotopic (exact) mass is 317 g/mol. The zero-order valence-electron chi connectivity index (χ0n) is 13.2. The second-order valence-corrected chi connectivity index (χ2v) is 7.01. The van der Waals surface area contributed by atoms with Crippen molar-refractivity contribution in [1.82, 2.24) is 15.1 Å². The highest BCUT2D eigenvalue weighted by molar-refractivity contribution is 5.82. The highest BCUT2D eigenvalue weighted by Crippen LogP contribution is 2.35. The Morgan fingerprint density at radius 3 is 2.87 bits per heavy atom. The van der Waals surface area contributed by atoms with Crippen LogP contribution in [0.3, 0.4) is 0 Å². The molecule has 2 bridgehead atoms. The fourth-order valence-electron chi connectivity index (χ4n) is 3.71. The lowest BCUT2D eigenvalue weighted by Gasteiger charge is -2.36. The van der Waals surface area contributed by atoms with Crippen LogP contribution < -0.4 is 5.32 Å². The van der Waals surface area contributed by atoms with Gasteiger partial charge in [0.05, 0.1) is 18.7 Å². The first-order valence-corrected chi connectivity index (χ1v) is 8.56. The van der Waals surface area contributed by atoms with Crippen LogP contribution in [-0.4, -0.2) is 47.4 Å². The van der Waals surface area contributed by atoms with E-state index in [2.05, 4.69) is 10.2 Å². The fourth-order valence-corrected chi connectivity index (χ4v) is 3.71. The van der Waals surface area contributed by atoms with Crippen molar-refractivity contribution < 1.29 is 14.0 Å². The highest BCUT2D eigenvalue weighted by Gasteiger charge is 2.43. The molecule has 23 heavy (non-hydrogen) atoms. The summed E-state index contributed by atoms with van der Waals surface area (Å²) in [7, 11) is 0. The third kappa shape index (κ3) is 3.07. The van der Waals surface area contributed by atoms with E-state index in [0.717, 1.165) is 25.1 Å². The maximum atomic E-state index is 12.6. The number of nitrogens with one attached hydrogen (secondary N) is 1. The first kappa shape index (κ1) is 14.6. The van der Waals surface area contributed by atoms with E-state index in [9.17, 15) is 9.59 Å². The molecule has 1 saturated carbocycles. The van der Waals surface area contributed by atoms with Gasteiger partial charge in [0, 0.05) is 25.7 Å². The van der Waals surface area contributed by atoms with Gasteiger partial charge in [0.2, 0.25) is 5.91 Å². The average Bonchev–Trinajstić information content (AvgIpc) is 3.29. The molecule has 5 rings (SSSR count). The molecular formula is C17H23N3O3. The minimum Gasteiger partial charge on any atom is -0.467 e. The largest absolute Gasteiger partial charge is 0.467 e. The summed E-state index contributed by atoms with van der Waals surface area (Å²) in [5.74, 6) is 1.67. The number of urea groups is 1. The number of fused-ring (bicyclic) bond motifs is 4. The van der Waals surface area contributed by atoms with Gasteiger partial charge in [-0.25, -0.2) is 4.79 Å². The van der Waals surface area contributed by atoms with Crippen molar-refractivity contribution in [2.45, 2.75) is 38.3 Å². The van der Waals surface area contributed by atoms with Crippen molar-refractivity contribution in [2.24, 2.45) is 11.8 Å². The van der Waals surface area contributed by atoms with Gasteiger partial charge in [-0.05, 0) is 43.7 Å². The molecule has 3 aliphatic heterocycles. The Kier molecular flexibility index (Phi) is 3.75. The summed E-state index contributed by atoms with van der Waals surface area (Å²) in [5.41, 5.74) is 0. The lowest BCUT2D eigenvalue weighted by molar-refractivity contribution is -0.140. The van der Waals surface area contributed by atoms with Crippen molar-refractivity contribution in [3.63, 3.8) is 0 Å². The van der Waals surface area contributed by atoms with Gasteiger partial charge in [-0.15, -0.1) is 0 Å². The molecule has 3 saturated heterocycles. The first-order chi connectivity index (χ1) is 11.2. The molecule has 4 heterocycles. The van der Waals surface area contributed by atoms with E-state index in [1.807, 2.05) is 17.0 Å². The van der Waals surface area contributed by atoms with Gasteiger partial charge in [-0.1, -0.05) is 0 Å². The number of amides is 3. The van der Waals surface area contributed by atoms with Crippen molar-refractivity contribution in [1.29, 1.82) is 0 Å². The quantitative estimate of drug-likeness (QED) is 0.921. The Morgan fingerprint density at radius 1 is 1.26 bits per heavy atom. The summed E-state index contributed by atoms with van der Waals surface area (Å²) in [4.78, 5) is 29.0. The zero-order chi connectivity index (χ0) is 15.8. The predicted octanol–water partition coefficient (Wildman–Crippen LogP) is 1.82. The summed E-state index contributed by atoms with van der Waals surface area (Å²) < 4.78 is 5.24. The van der Waals surface area contributed by atoms with Crippen LogP contribution in [0.5, 0.6) is 0 Å². The lowest BCUT2D eigenvalue weighted by atomic mass is 9.94. The van der Waals surface area contributed by atoms with E-state index in [0.29, 0.717) is 25.6 Å². The molecule has 1 aromatic rings. The third-order valence-electron chi connectivity index (χ3n) is 5.23. The predicted molar refractivity (Wildman–Crippen MR) is 83.5 cm³/mol. The van der Waals surface area contributed by atoms with Crippen molar-refractivity contribution in [3.8, 4) is 0 Å². The van der Waals surface area contributed by atoms with Gasteiger partial charge >= 0.3 is 6.03 Å². The smallest absolute Gasteiger partial charge is 0.317 e. The maximum absolute atomic E-state index is 12.6. The number of carbonyl (C=O) groups excluding carboxylic acids is 2. The molecule has 124 valence electrons. The summed E-state index contributed by atoms with van der Waals surface area (Å²) in [6.07, 6.45) is 6.02. The summed E-state index contributed by atoms with van der Waals surface area (Å²) in [6, 6.07) is 3.74. The summed E-state index contributed by atoms with van der Waals surface area (Å²) >= 11 is 0. The van der Waals surface area contributed by atoms with E-state index >= 15 is 0 Å². The van der Waals surface area contributed by atoms with Gasteiger partial charge in [-0.2, -0.15) is 0 Å². The van der Waals surface area contributed by atoms with Gasteiger partial charge in [0.1, 0.15) is 5.76 Å². The number of hydrogen-bond donors (Lipinski definition) is 1. The number of carbonyl (C=O) groups is 2. The molecule has 4 fully saturated rings.